The molecule has 6 heteroatoms. The summed E-state index contributed by atoms with van der Waals surface area (Å²) in [6.45, 7) is 3.51. The summed E-state index contributed by atoms with van der Waals surface area (Å²) in [7, 11) is 0. The molecule has 0 aliphatic carbocycles. The second kappa shape index (κ2) is 11.5. The summed E-state index contributed by atoms with van der Waals surface area (Å²) in [6.07, 6.45) is 10.2. The fourth-order valence-electron chi connectivity index (χ4n) is 3.86. The maximum Gasteiger partial charge on any atom is 0.223 e. The summed E-state index contributed by atoms with van der Waals surface area (Å²) in [6, 6.07) is 6.25. The largest absolute Gasteiger partial charge is 0.378 e. The van der Waals surface area contributed by atoms with E-state index in [4.69, 9.17) is 4.74 Å². The lowest BCUT2D eigenvalue weighted by Crippen LogP contribution is -2.41. The third kappa shape index (κ3) is 6.53. The molecule has 2 atom stereocenters. The van der Waals surface area contributed by atoms with Gasteiger partial charge in [0.25, 0.3) is 0 Å². The van der Waals surface area contributed by atoms with Gasteiger partial charge in [-0.25, -0.2) is 0 Å². The van der Waals surface area contributed by atoms with E-state index in [1.165, 1.54) is 6.42 Å². The van der Waals surface area contributed by atoms with Crippen molar-refractivity contribution in [1.29, 1.82) is 0 Å². The lowest BCUT2D eigenvalue weighted by molar-refractivity contribution is -0.135. The summed E-state index contributed by atoms with van der Waals surface area (Å²) in [4.78, 5) is 19.5. The molecule has 3 rings (SSSR count). The van der Waals surface area contributed by atoms with Crippen molar-refractivity contribution in [1.82, 2.24) is 15.2 Å². The molecule has 0 radical (unpaired) electrons. The number of aromatic nitrogens is 1. The molecule has 2 aliphatic rings. The molecule has 2 fully saturated rings. The first kappa shape index (κ1) is 21.1. The fourth-order valence-corrected chi connectivity index (χ4v) is 3.86. The van der Waals surface area contributed by atoms with Gasteiger partial charge >= 0.3 is 0 Å². The molecule has 5 nitrogen and oxygen atoms in total. The average molecular weight is 382 g/mol. The van der Waals surface area contributed by atoms with Gasteiger partial charge in [-0.3, -0.25) is 9.78 Å². The van der Waals surface area contributed by atoms with Gasteiger partial charge in [0, 0.05) is 25.3 Å². The van der Waals surface area contributed by atoms with E-state index in [0.717, 1.165) is 63.9 Å². The molecule has 0 aromatic carbocycles. The normalized spacial score (nSPS) is 23.5. The second-order valence-electron chi connectivity index (χ2n) is 7.20. The number of amides is 1. The summed E-state index contributed by atoms with van der Waals surface area (Å²) in [5, 5.41) is 3.44. The van der Waals surface area contributed by atoms with Crippen molar-refractivity contribution in [2.75, 3.05) is 19.7 Å². The SMILES string of the molecule is Cl.O=C(CCC1CCCCO1)N(Cc1ccccn1)C1CCCNCC1. The fraction of sp³-hybridized carbons (Fsp3) is 0.700. The summed E-state index contributed by atoms with van der Waals surface area (Å²) >= 11 is 0. The van der Waals surface area contributed by atoms with Crippen molar-refractivity contribution in [3.05, 3.63) is 30.1 Å². The van der Waals surface area contributed by atoms with Crippen LogP contribution in [0.1, 0.15) is 57.1 Å². The Labute approximate surface area is 163 Å². The topological polar surface area (TPSA) is 54.5 Å². The van der Waals surface area contributed by atoms with Gasteiger partial charge in [0.15, 0.2) is 0 Å². The van der Waals surface area contributed by atoms with Crippen molar-refractivity contribution < 1.29 is 9.53 Å². The minimum absolute atomic E-state index is 0. The minimum Gasteiger partial charge on any atom is -0.378 e. The second-order valence-corrected chi connectivity index (χ2v) is 7.20. The van der Waals surface area contributed by atoms with E-state index in [0.29, 0.717) is 19.0 Å². The number of rotatable bonds is 6. The molecule has 0 bridgehead atoms. The molecule has 1 aromatic heterocycles. The van der Waals surface area contributed by atoms with Crippen molar-refractivity contribution in [2.45, 2.75) is 70.1 Å². The van der Waals surface area contributed by atoms with Crippen LogP contribution < -0.4 is 5.32 Å². The number of nitrogens with zero attached hydrogens (tertiary/aromatic N) is 2. The van der Waals surface area contributed by atoms with Crippen LogP contribution >= 0.6 is 12.4 Å². The first-order valence-electron chi connectivity index (χ1n) is 9.84. The van der Waals surface area contributed by atoms with E-state index in [2.05, 4.69) is 15.2 Å². The zero-order chi connectivity index (χ0) is 17.3. The number of hydrogen-bond acceptors (Lipinski definition) is 4. The number of carbonyl (C=O) groups is 1. The van der Waals surface area contributed by atoms with Gasteiger partial charge in [-0.1, -0.05) is 6.07 Å². The van der Waals surface area contributed by atoms with E-state index in [1.54, 1.807) is 0 Å². The number of hydrogen-bond donors (Lipinski definition) is 1. The monoisotopic (exact) mass is 381 g/mol. The van der Waals surface area contributed by atoms with Crippen LogP contribution in [0.4, 0.5) is 0 Å². The van der Waals surface area contributed by atoms with Gasteiger partial charge in [-0.05, 0) is 70.2 Å². The number of carbonyl (C=O) groups excluding carboxylic acids is 1. The van der Waals surface area contributed by atoms with Crippen LogP contribution in [0.25, 0.3) is 0 Å². The van der Waals surface area contributed by atoms with Gasteiger partial charge in [-0.15, -0.1) is 12.4 Å². The van der Waals surface area contributed by atoms with Crippen molar-refractivity contribution in [2.24, 2.45) is 0 Å². The van der Waals surface area contributed by atoms with Gasteiger partial charge in [-0.2, -0.15) is 0 Å². The Bertz CT molecular complexity index is 515. The molecule has 1 aromatic rings. The molecule has 2 unspecified atom stereocenters. The Morgan fingerprint density at radius 2 is 2.12 bits per heavy atom. The molecule has 1 N–H and O–H groups in total. The van der Waals surface area contributed by atoms with E-state index < -0.39 is 0 Å². The van der Waals surface area contributed by atoms with Crippen LogP contribution in [0.5, 0.6) is 0 Å². The Kier molecular flexibility index (Phi) is 9.37. The minimum atomic E-state index is 0. The maximum absolute atomic E-state index is 13.0. The molecule has 0 spiro atoms. The number of nitrogens with one attached hydrogen (secondary N) is 1. The number of pyridine rings is 1. The molecule has 1 amide bonds. The smallest absolute Gasteiger partial charge is 0.223 e. The van der Waals surface area contributed by atoms with Gasteiger partial charge in [0.05, 0.1) is 18.3 Å². The highest BCUT2D eigenvalue weighted by molar-refractivity contribution is 5.85. The van der Waals surface area contributed by atoms with Crippen LogP contribution in [0.15, 0.2) is 24.4 Å². The van der Waals surface area contributed by atoms with E-state index in [9.17, 15) is 4.79 Å². The van der Waals surface area contributed by atoms with E-state index >= 15 is 0 Å². The summed E-state index contributed by atoms with van der Waals surface area (Å²) < 4.78 is 5.80. The Morgan fingerprint density at radius 1 is 1.19 bits per heavy atom. The number of ether oxygens (including phenoxy) is 1. The zero-order valence-corrected chi connectivity index (χ0v) is 16.4. The van der Waals surface area contributed by atoms with Gasteiger partial charge < -0.3 is 15.0 Å². The van der Waals surface area contributed by atoms with Gasteiger partial charge in [0.2, 0.25) is 5.91 Å². The third-order valence-corrected chi connectivity index (χ3v) is 5.32. The predicted octanol–water partition coefficient (Wildman–Crippen LogP) is 3.32. The van der Waals surface area contributed by atoms with Crippen LogP contribution in [0.3, 0.4) is 0 Å². The highest BCUT2D eigenvalue weighted by Gasteiger charge is 2.26. The third-order valence-electron chi connectivity index (χ3n) is 5.32. The highest BCUT2D eigenvalue weighted by Crippen LogP contribution is 2.21. The molecule has 26 heavy (non-hydrogen) atoms. The maximum atomic E-state index is 13.0. The number of halogens is 1. The van der Waals surface area contributed by atoms with Crippen LogP contribution in [-0.4, -0.2) is 47.6 Å². The van der Waals surface area contributed by atoms with Crippen LogP contribution in [-0.2, 0) is 16.1 Å². The van der Waals surface area contributed by atoms with Crippen molar-refractivity contribution in [3.8, 4) is 0 Å². The molecular weight excluding hydrogens is 350 g/mol. The standard InChI is InChI=1S/C20H31N3O2.ClH/c24-20(10-9-19-8-2-4-15-25-19)23(16-17-6-1-3-13-22-17)18-7-5-12-21-14-11-18;/h1,3,6,13,18-19,21H,2,4-5,7-12,14-16H2;1H. The lowest BCUT2D eigenvalue weighted by Gasteiger charge is -2.32. The van der Waals surface area contributed by atoms with Crippen molar-refractivity contribution in [3.63, 3.8) is 0 Å². The average Bonchev–Trinajstić information content (AvgIpc) is 2.95. The van der Waals surface area contributed by atoms with Crippen molar-refractivity contribution >= 4 is 18.3 Å². The molecule has 3 heterocycles. The quantitative estimate of drug-likeness (QED) is 0.821. The molecular formula is C20H32ClN3O2. The summed E-state index contributed by atoms with van der Waals surface area (Å²) in [5.74, 6) is 0.256. The molecule has 146 valence electrons. The first-order chi connectivity index (χ1) is 12.3. The lowest BCUT2D eigenvalue weighted by atomic mass is 10.0. The first-order valence-corrected chi connectivity index (χ1v) is 9.84. The van der Waals surface area contributed by atoms with E-state index in [1.807, 2.05) is 24.4 Å². The molecule has 0 saturated carbocycles. The van der Waals surface area contributed by atoms with Crippen LogP contribution in [0, 0.1) is 0 Å². The van der Waals surface area contributed by atoms with Gasteiger partial charge in [0.1, 0.15) is 0 Å². The molecule has 2 aliphatic heterocycles. The summed E-state index contributed by atoms with van der Waals surface area (Å²) in [5.41, 5.74) is 0.974. The van der Waals surface area contributed by atoms with E-state index in [-0.39, 0.29) is 24.4 Å². The molecule has 2 saturated heterocycles. The zero-order valence-electron chi connectivity index (χ0n) is 15.6. The highest BCUT2D eigenvalue weighted by atomic mass is 35.5. The Balaban J connectivity index is 0.00000243. The Morgan fingerprint density at radius 3 is 2.88 bits per heavy atom. The van der Waals surface area contributed by atoms with Crippen LogP contribution in [0.2, 0.25) is 0 Å². The Hall–Kier alpha value is -1.17. The predicted molar refractivity (Wildman–Crippen MR) is 105 cm³/mol.